The zero-order chi connectivity index (χ0) is 7.44. The van der Waals surface area contributed by atoms with Crippen LogP contribution in [0.25, 0.3) is 0 Å². The molecule has 0 heterocycles. The maximum absolute atomic E-state index is 11.3. The van der Waals surface area contributed by atoms with Gasteiger partial charge in [0, 0.05) is 0 Å². The summed E-state index contributed by atoms with van der Waals surface area (Å²) >= 11 is 4.72. The Balaban J connectivity index is 4.21. The minimum atomic E-state index is -2.23. The van der Waals surface area contributed by atoms with E-state index in [1.54, 1.807) is 0 Å². The monoisotopic (exact) mass is 156 g/mol. The Labute approximate surface area is 55.1 Å². The predicted molar refractivity (Wildman–Crippen MR) is 27.1 cm³/mol. The van der Waals surface area contributed by atoms with Gasteiger partial charge in [-0.15, -0.1) is 0 Å². The first-order chi connectivity index (χ1) is 4.09. The molecule has 0 unspecified atom stereocenters. The average molecular weight is 157 g/mol. The van der Waals surface area contributed by atoms with Gasteiger partial charge in [-0.1, -0.05) is 11.6 Å². The molecule has 0 radical (unpaired) electrons. The molecule has 0 aliphatic carbocycles. The molecule has 0 spiro atoms. The van der Waals surface area contributed by atoms with E-state index in [0.29, 0.717) is 0 Å². The van der Waals surface area contributed by atoms with Crippen molar-refractivity contribution in [2.75, 3.05) is 7.11 Å². The summed E-state index contributed by atoms with van der Waals surface area (Å²) in [6.45, 7) is 0. The Hall–Kier alpha value is -0.640. The van der Waals surface area contributed by atoms with Crippen molar-refractivity contribution in [3.63, 3.8) is 0 Å². The van der Waals surface area contributed by atoms with Crippen LogP contribution in [-0.4, -0.2) is 13.1 Å². The van der Waals surface area contributed by atoms with Crippen LogP contribution >= 0.6 is 11.6 Å². The highest BCUT2D eigenvalue weighted by molar-refractivity contribution is 6.41. The molecule has 0 rings (SSSR count). The largest absolute Gasteiger partial charge is 0.465 e. The third-order valence-electron chi connectivity index (χ3n) is 0.531. The van der Waals surface area contributed by atoms with E-state index in [4.69, 9.17) is 11.6 Å². The molecule has 2 nitrogen and oxygen atoms in total. The van der Waals surface area contributed by atoms with Gasteiger partial charge < -0.3 is 4.74 Å². The number of hydrogen-bond acceptors (Lipinski definition) is 2. The predicted octanol–water partition coefficient (Wildman–Crippen LogP) is 1.51. The van der Waals surface area contributed by atoms with Crippen LogP contribution in [0.4, 0.5) is 8.78 Å². The molecule has 0 N–H and O–H groups in total. The summed E-state index contributed by atoms with van der Waals surface area (Å²) < 4.78 is 26.5. The molecule has 0 aliphatic rings. The lowest BCUT2D eigenvalue weighted by molar-refractivity contribution is -0.135. The van der Waals surface area contributed by atoms with Crippen molar-refractivity contribution in [2.24, 2.45) is 0 Å². The number of hydrogen-bond donors (Lipinski definition) is 0. The molecular formula is C4H3ClF2O2. The van der Waals surface area contributed by atoms with E-state index in [2.05, 4.69) is 4.74 Å². The lowest BCUT2D eigenvalue weighted by Crippen LogP contribution is -1.99. The molecule has 52 valence electrons. The van der Waals surface area contributed by atoms with Crippen molar-refractivity contribution in [3.05, 3.63) is 11.1 Å². The summed E-state index contributed by atoms with van der Waals surface area (Å²) in [6.07, 6.45) is -2.23. The number of ether oxygens (including phenoxy) is 1. The Bertz CT molecular complexity index is 151. The molecular weight excluding hydrogens is 153 g/mol. The average Bonchev–Trinajstić information content (AvgIpc) is 1.84. The Kier molecular flexibility index (Phi) is 3.16. The first kappa shape index (κ1) is 8.36. The Morgan fingerprint density at radius 3 is 2.11 bits per heavy atom. The van der Waals surface area contributed by atoms with Crippen LogP contribution in [0, 0.1) is 0 Å². The summed E-state index contributed by atoms with van der Waals surface area (Å²) in [7, 11) is 0.966. The van der Waals surface area contributed by atoms with Crippen LogP contribution in [0.1, 0.15) is 0 Å². The molecule has 0 fully saturated rings. The van der Waals surface area contributed by atoms with Crippen LogP contribution in [0.3, 0.4) is 0 Å². The van der Waals surface area contributed by atoms with Crippen molar-refractivity contribution in [2.45, 2.75) is 0 Å². The summed E-state index contributed by atoms with van der Waals surface area (Å²) in [5, 5.41) is -1.17. The molecule has 0 aromatic carbocycles. The van der Waals surface area contributed by atoms with E-state index in [0.717, 1.165) is 7.11 Å². The quantitative estimate of drug-likeness (QED) is 0.425. The van der Waals surface area contributed by atoms with Crippen LogP contribution in [0.2, 0.25) is 0 Å². The summed E-state index contributed by atoms with van der Waals surface area (Å²) in [4.78, 5) is 10.1. The van der Waals surface area contributed by atoms with Crippen LogP contribution in [0.5, 0.6) is 0 Å². The van der Waals surface area contributed by atoms with E-state index in [1.807, 2.05) is 0 Å². The highest BCUT2D eigenvalue weighted by atomic mass is 35.5. The fourth-order valence-electron chi connectivity index (χ4n) is 0.167. The maximum Gasteiger partial charge on any atom is 0.355 e. The van der Waals surface area contributed by atoms with Crippen molar-refractivity contribution < 1.29 is 18.3 Å². The number of carbonyl (C=O) groups is 1. The van der Waals surface area contributed by atoms with Gasteiger partial charge in [-0.05, 0) is 0 Å². The van der Waals surface area contributed by atoms with Gasteiger partial charge >= 0.3 is 5.97 Å². The minimum Gasteiger partial charge on any atom is -0.465 e. The molecule has 9 heavy (non-hydrogen) atoms. The van der Waals surface area contributed by atoms with Gasteiger partial charge in [-0.2, -0.15) is 8.78 Å². The van der Waals surface area contributed by atoms with Crippen molar-refractivity contribution >= 4 is 17.6 Å². The number of rotatable bonds is 1. The number of halogens is 3. The maximum atomic E-state index is 11.3. The van der Waals surface area contributed by atoms with E-state index < -0.39 is 17.1 Å². The molecule has 0 saturated carbocycles. The second-order valence-corrected chi connectivity index (χ2v) is 1.44. The number of methoxy groups -OCH3 is 1. The Morgan fingerprint density at radius 1 is 1.56 bits per heavy atom. The molecule has 0 saturated heterocycles. The van der Waals surface area contributed by atoms with Gasteiger partial charge in [0.25, 0.3) is 6.08 Å². The standard InChI is InChI=1S/C4H3ClF2O2/c1-9-4(8)2(5)3(6)7/h1H3. The van der Waals surface area contributed by atoms with Crippen LogP contribution in [0.15, 0.2) is 11.1 Å². The van der Waals surface area contributed by atoms with Crippen molar-refractivity contribution in [1.29, 1.82) is 0 Å². The number of carbonyl (C=O) groups excluding carboxylic acids is 1. The first-order valence-corrected chi connectivity index (χ1v) is 2.26. The molecule has 0 aromatic rings. The smallest absolute Gasteiger partial charge is 0.355 e. The molecule has 0 bridgehead atoms. The summed E-state index contributed by atoms with van der Waals surface area (Å²) in [5.74, 6) is -1.23. The highest BCUT2D eigenvalue weighted by Gasteiger charge is 2.12. The van der Waals surface area contributed by atoms with E-state index >= 15 is 0 Å². The van der Waals surface area contributed by atoms with Gasteiger partial charge in [-0.3, -0.25) is 0 Å². The second-order valence-electron chi connectivity index (χ2n) is 1.07. The third-order valence-corrected chi connectivity index (χ3v) is 0.828. The minimum absolute atomic E-state index is 0.966. The summed E-state index contributed by atoms with van der Waals surface area (Å²) in [5.41, 5.74) is 0. The molecule has 0 atom stereocenters. The lowest BCUT2D eigenvalue weighted by Gasteiger charge is -1.91. The fourth-order valence-corrected chi connectivity index (χ4v) is 0.244. The normalized spacial score (nSPS) is 8.44. The van der Waals surface area contributed by atoms with Gasteiger partial charge in [0.2, 0.25) is 0 Å². The fraction of sp³-hybridized carbons (Fsp3) is 0.250. The zero-order valence-corrected chi connectivity index (χ0v) is 5.21. The molecule has 0 aliphatic heterocycles. The van der Waals surface area contributed by atoms with Crippen LogP contribution in [-0.2, 0) is 9.53 Å². The van der Waals surface area contributed by atoms with Gasteiger partial charge in [-0.25, -0.2) is 4.79 Å². The van der Waals surface area contributed by atoms with E-state index in [9.17, 15) is 13.6 Å². The van der Waals surface area contributed by atoms with E-state index in [-0.39, 0.29) is 0 Å². The first-order valence-electron chi connectivity index (χ1n) is 1.88. The molecule has 0 amide bonds. The number of esters is 1. The van der Waals surface area contributed by atoms with Gasteiger partial charge in [0.15, 0.2) is 5.03 Å². The SMILES string of the molecule is COC(=O)C(Cl)=C(F)F. The van der Waals surface area contributed by atoms with Gasteiger partial charge in [0.1, 0.15) is 0 Å². The Morgan fingerprint density at radius 2 is 2.00 bits per heavy atom. The molecule has 0 aromatic heterocycles. The third kappa shape index (κ3) is 2.41. The topological polar surface area (TPSA) is 26.3 Å². The van der Waals surface area contributed by atoms with Crippen LogP contribution < -0.4 is 0 Å². The van der Waals surface area contributed by atoms with Gasteiger partial charge in [0.05, 0.1) is 7.11 Å². The lowest BCUT2D eigenvalue weighted by atomic mass is 10.6. The zero-order valence-electron chi connectivity index (χ0n) is 4.45. The molecule has 5 heteroatoms. The van der Waals surface area contributed by atoms with Crippen molar-refractivity contribution in [3.8, 4) is 0 Å². The second kappa shape index (κ2) is 3.40. The highest BCUT2D eigenvalue weighted by Crippen LogP contribution is 2.12. The van der Waals surface area contributed by atoms with E-state index in [1.165, 1.54) is 0 Å². The van der Waals surface area contributed by atoms with Crippen molar-refractivity contribution in [1.82, 2.24) is 0 Å². The summed E-state index contributed by atoms with van der Waals surface area (Å²) in [6, 6.07) is 0.